The van der Waals surface area contributed by atoms with Crippen LogP contribution in [0.4, 0.5) is 0 Å². The van der Waals surface area contributed by atoms with Crippen LogP contribution in [0.25, 0.3) is 0 Å². The zero-order valence-electron chi connectivity index (χ0n) is 11.8. The fraction of sp³-hybridized carbons (Fsp3) is 0.353. The van der Waals surface area contributed by atoms with Gasteiger partial charge in [-0.05, 0) is 49.6 Å². The van der Waals surface area contributed by atoms with E-state index in [1.165, 1.54) is 16.0 Å². The van der Waals surface area contributed by atoms with E-state index in [9.17, 15) is 4.79 Å². The van der Waals surface area contributed by atoms with Gasteiger partial charge in [0.15, 0.2) is 5.78 Å². The Kier molecular flexibility index (Phi) is 3.99. The molecule has 0 aliphatic carbocycles. The molecule has 2 heterocycles. The lowest BCUT2D eigenvalue weighted by Crippen LogP contribution is -2.29. The number of carbonyl (C=O) groups is 1. The summed E-state index contributed by atoms with van der Waals surface area (Å²) in [4.78, 5) is 16.7. The van der Waals surface area contributed by atoms with Gasteiger partial charge < -0.3 is 0 Å². The summed E-state index contributed by atoms with van der Waals surface area (Å²) in [6.07, 6.45) is 2.26. The summed E-state index contributed by atoms with van der Waals surface area (Å²) in [5.74, 6) is 0.252. The number of ketones is 1. The summed E-state index contributed by atoms with van der Waals surface area (Å²) < 4.78 is 0. The van der Waals surface area contributed by atoms with Gasteiger partial charge in [-0.1, -0.05) is 24.3 Å². The number of nitrogens with zero attached hydrogens (tertiary/aromatic N) is 1. The maximum absolute atomic E-state index is 12.3. The second kappa shape index (κ2) is 5.90. The first kappa shape index (κ1) is 13.5. The molecular weight excluding hydrogens is 266 g/mol. The summed E-state index contributed by atoms with van der Waals surface area (Å²) in [6, 6.07) is 12.6. The molecule has 20 heavy (non-hydrogen) atoms. The first-order chi connectivity index (χ1) is 9.72. The molecule has 0 saturated heterocycles. The Labute approximate surface area is 124 Å². The normalized spacial score (nSPS) is 15.7. The van der Waals surface area contributed by atoms with Gasteiger partial charge in [-0.2, -0.15) is 0 Å². The SMILES string of the molecule is Cc1ccc(C(=O)CN2CCCc3ccccc3C2)s1. The van der Waals surface area contributed by atoms with Gasteiger partial charge in [-0.25, -0.2) is 0 Å². The molecule has 0 amide bonds. The van der Waals surface area contributed by atoms with E-state index in [1.807, 2.05) is 19.1 Å². The number of thiophene rings is 1. The number of Topliss-reactive ketones (excluding diaryl/α,β-unsaturated/α-hetero) is 1. The monoisotopic (exact) mass is 285 g/mol. The highest BCUT2D eigenvalue weighted by atomic mass is 32.1. The second-order valence-electron chi connectivity index (χ2n) is 5.42. The number of rotatable bonds is 3. The van der Waals surface area contributed by atoms with E-state index < -0.39 is 0 Å². The van der Waals surface area contributed by atoms with Crippen LogP contribution >= 0.6 is 11.3 Å². The van der Waals surface area contributed by atoms with Crippen molar-refractivity contribution >= 4 is 17.1 Å². The number of fused-ring (bicyclic) bond motifs is 1. The summed E-state index contributed by atoms with van der Waals surface area (Å²) in [5, 5.41) is 0. The lowest BCUT2D eigenvalue weighted by molar-refractivity contribution is 0.0931. The number of hydrogen-bond donors (Lipinski definition) is 0. The van der Waals surface area contributed by atoms with Crippen LogP contribution in [0, 0.1) is 6.92 Å². The van der Waals surface area contributed by atoms with Crippen molar-refractivity contribution in [2.24, 2.45) is 0 Å². The highest BCUT2D eigenvalue weighted by Gasteiger charge is 2.18. The molecule has 3 heteroatoms. The molecule has 2 nitrogen and oxygen atoms in total. The fourth-order valence-corrected chi connectivity index (χ4v) is 3.57. The van der Waals surface area contributed by atoms with Crippen molar-refractivity contribution in [2.45, 2.75) is 26.3 Å². The molecule has 0 saturated carbocycles. The van der Waals surface area contributed by atoms with E-state index in [0.29, 0.717) is 6.54 Å². The molecule has 0 spiro atoms. The van der Waals surface area contributed by atoms with E-state index in [1.54, 1.807) is 11.3 Å². The molecule has 0 fully saturated rings. The van der Waals surface area contributed by atoms with Gasteiger partial charge in [0.2, 0.25) is 0 Å². The van der Waals surface area contributed by atoms with Crippen molar-refractivity contribution in [3.8, 4) is 0 Å². The number of carbonyl (C=O) groups excluding carboxylic acids is 1. The largest absolute Gasteiger partial charge is 0.292 e. The van der Waals surface area contributed by atoms with Crippen molar-refractivity contribution in [3.05, 3.63) is 57.3 Å². The van der Waals surface area contributed by atoms with E-state index in [2.05, 4.69) is 29.2 Å². The first-order valence-corrected chi connectivity index (χ1v) is 7.93. The standard InChI is InChI=1S/C17H19NOS/c1-13-8-9-17(20-13)16(19)12-18-10-4-7-14-5-2-3-6-15(14)11-18/h2-3,5-6,8-9H,4,7,10-12H2,1H3. The predicted molar refractivity (Wildman–Crippen MR) is 83.4 cm³/mol. The van der Waals surface area contributed by atoms with Crippen LogP contribution < -0.4 is 0 Å². The molecule has 3 rings (SSSR count). The molecule has 1 aromatic heterocycles. The van der Waals surface area contributed by atoms with Gasteiger partial charge in [0, 0.05) is 11.4 Å². The fourth-order valence-electron chi connectivity index (χ4n) is 2.77. The average Bonchev–Trinajstić information content (AvgIpc) is 2.77. The third kappa shape index (κ3) is 3.00. The topological polar surface area (TPSA) is 20.3 Å². The minimum atomic E-state index is 0.252. The lowest BCUT2D eigenvalue weighted by atomic mass is 10.0. The summed E-state index contributed by atoms with van der Waals surface area (Å²) in [6.45, 7) is 4.48. The molecule has 1 aliphatic rings. The van der Waals surface area contributed by atoms with E-state index in [-0.39, 0.29) is 5.78 Å². The summed E-state index contributed by atoms with van der Waals surface area (Å²) in [5.41, 5.74) is 2.81. The highest BCUT2D eigenvalue weighted by Crippen LogP contribution is 2.20. The van der Waals surface area contributed by atoms with Gasteiger partial charge in [0.25, 0.3) is 0 Å². The van der Waals surface area contributed by atoms with Crippen molar-refractivity contribution in [3.63, 3.8) is 0 Å². The molecular formula is C17H19NOS. The van der Waals surface area contributed by atoms with Crippen molar-refractivity contribution in [2.75, 3.05) is 13.1 Å². The molecule has 0 unspecified atom stereocenters. The Morgan fingerprint density at radius 3 is 2.75 bits per heavy atom. The quantitative estimate of drug-likeness (QED) is 0.802. The third-order valence-corrected chi connectivity index (χ3v) is 4.86. The van der Waals surface area contributed by atoms with Gasteiger partial charge >= 0.3 is 0 Å². The van der Waals surface area contributed by atoms with E-state index in [4.69, 9.17) is 0 Å². The second-order valence-corrected chi connectivity index (χ2v) is 6.70. The van der Waals surface area contributed by atoms with Crippen LogP contribution in [0.1, 0.15) is 32.1 Å². The Morgan fingerprint density at radius 1 is 1.20 bits per heavy atom. The molecule has 2 aromatic rings. The number of hydrogen-bond acceptors (Lipinski definition) is 3. The van der Waals surface area contributed by atoms with Crippen molar-refractivity contribution in [1.29, 1.82) is 0 Å². The lowest BCUT2D eigenvalue weighted by Gasteiger charge is -2.19. The summed E-state index contributed by atoms with van der Waals surface area (Å²) in [7, 11) is 0. The van der Waals surface area contributed by atoms with Crippen LogP contribution in [-0.2, 0) is 13.0 Å². The minimum absolute atomic E-state index is 0.252. The van der Waals surface area contributed by atoms with Gasteiger partial charge in [0.05, 0.1) is 11.4 Å². The Morgan fingerprint density at radius 2 is 2.00 bits per heavy atom. The third-order valence-electron chi connectivity index (χ3n) is 3.82. The average molecular weight is 285 g/mol. The number of aryl methyl sites for hydroxylation is 2. The van der Waals surface area contributed by atoms with E-state index >= 15 is 0 Å². The molecule has 1 aliphatic heterocycles. The van der Waals surface area contributed by atoms with Crippen molar-refractivity contribution < 1.29 is 4.79 Å². The first-order valence-electron chi connectivity index (χ1n) is 7.11. The molecule has 1 aromatic carbocycles. The van der Waals surface area contributed by atoms with E-state index in [0.717, 1.165) is 30.8 Å². The smallest absolute Gasteiger partial charge is 0.186 e. The maximum Gasteiger partial charge on any atom is 0.186 e. The Bertz CT molecular complexity index is 617. The van der Waals surface area contributed by atoms with Crippen LogP contribution in [0.15, 0.2) is 36.4 Å². The highest BCUT2D eigenvalue weighted by molar-refractivity contribution is 7.14. The van der Waals surface area contributed by atoms with Gasteiger partial charge in [-0.15, -0.1) is 11.3 Å². The zero-order chi connectivity index (χ0) is 13.9. The van der Waals surface area contributed by atoms with Crippen molar-refractivity contribution in [1.82, 2.24) is 4.90 Å². The molecule has 0 radical (unpaired) electrons. The predicted octanol–water partition coefficient (Wildman–Crippen LogP) is 3.69. The minimum Gasteiger partial charge on any atom is -0.292 e. The van der Waals surface area contributed by atoms with Gasteiger partial charge in [-0.3, -0.25) is 9.69 Å². The zero-order valence-corrected chi connectivity index (χ0v) is 12.6. The maximum atomic E-state index is 12.3. The molecule has 0 atom stereocenters. The molecule has 104 valence electrons. The Hall–Kier alpha value is -1.45. The van der Waals surface area contributed by atoms with Crippen LogP contribution in [-0.4, -0.2) is 23.8 Å². The summed E-state index contributed by atoms with van der Waals surface area (Å²) >= 11 is 1.60. The number of benzene rings is 1. The van der Waals surface area contributed by atoms with Crippen LogP contribution in [0.3, 0.4) is 0 Å². The Balaban J connectivity index is 1.71. The van der Waals surface area contributed by atoms with Crippen LogP contribution in [0.5, 0.6) is 0 Å². The molecule has 0 N–H and O–H groups in total. The van der Waals surface area contributed by atoms with Gasteiger partial charge in [0.1, 0.15) is 0 Å². The molecule has 0 bridgehead atoms. The van der Waals surface area contributed by atoms with Crippen LogP contribution in [0.2, 0.25) is 0 Å².